The minimum atomic E-state index is -0.361. The average Bonchev–Trinajstić information content (AvgIpc) is 3.35. The Balaban J connectivity index is 1.66. The number of hydrogen-bond donors (Lipinski definition) is 1. The van der Waals surface area contributed by atoms with Gasteiger partial charge in [-0.1, -0.05) is 42.5 Å². The van der Waals surface area contributed by atoms with E-state index in [9.17, 15) is 9.18 Å². The van der Waals surface area contributed by atoms with Gasteiger partial charge in [0, 0.05) is 34.5 Å². The van der Waals surface area contributed by atoms with Crippen molar-refractivity contribution in [3.63, 3.8) is 0 Å². The molecule has 0 spiro atoms. The molecule has 0 aliphatic carbocycles. The number of nitrogens with one attached hydrogen (secondary N) is 1. The number of methoxy groups -OCH3 is 1. The topological polar surface area (TPSA) is 55.6 Å². The Hall–Kier alpha value is -3.55. The Labute approximate surface area is 188 Å². The van der Waals surface area contributed by atoms with Gasteiger partial charge in [-0.2, -0.15) is 0 Å². The lowest BCUT2D eigenvalue weighted by Crippen LogP contribution is -2.14. The van der Waals surface area contributed by atoms with E-state index in [1.54, 1.807) is 6.07 Å². The van der Waals surface area contributed by atoms with Crippen molar-refractivity contribution in [1.29, 1.82) is 0 Å². The summed E-state index contributed by atoms with van der Waals surface area (Å²) in [6, 6.07) is 18.5. The summed E-state index contributed by atoms with van der Waals surface area (Å²) >= 11 is 1.26. The maximum atomic E-state index is 14.6. The van der Waals surface area contributed by atoms with Crippen molar-refractivity contribution in [2.24, 2.45) is 0 Å². The average molecular weight is 446 g/mol. The standard InChI is InChI=1S/C25H20FN3O2S/c1-15-8-7-13-29-23(15)27-21(16-9-4-3-5-10-16)24(29)28-25(30)22-17(14-31-2)20-18(26)11-6-12-19(20)32-22/h3-13H,14H2,1-2H3,(H,28,30). The number of fused-ring (bicyclic) bond motifs is 2. The van der Waals surface area contributed by atoms with Crippen LogP contribution in [0.5, 0.6) is 0 Å². The number of amides is 1. The Kier molecular flexibility index (Phi) is 5.20. The van der Waals surface area contributed by atoms with Crippen molar-refractivity contribution in [3.05, 3.63) is 88.7 Å². The number of benzene rings is 2. The van der Waals surface area contributed by atoms with Gasteiger partial charge in [-0.15, -0.1) is 11.3 Å². The zero-order valence-corrected chi connectivity index (χ0v) is 18.4. The quantitative estimate of drug-likeness (QED) is 0.358. The fourth-order valence-electron chi connectivity index (χ4n) is 3.92. The number of thiophene rings is 1. The van der Waals surface area contributed by atoms with E-state index >= 15 is 0 Å². The minimum absolute atomic E-state index is 0.140. The summed E-state index contributed by atoms with van der Waals surface area (Å²) in [4.78, 5) is 18.7. The second-order valence-corrected chi connectivity index (χ2v) is 8.52. The van der Waals surface area contributed by atoms with Crippen LogP contribution in [0.15, 0.2) is 66.9 Å². The first-order valence-corrected chi connectivity index (χ1v) is 10.9. The molecule has 3 heterocycles. The first kappa shape index (κ1) is 20.4. The van der Waals surface area contributed by atoms with Crippen LogP contribution in [0.3, 0.4) is 0 Å². The summed E-state index contributed by atoms with van der Waals surface area (Å²) in [6.45, 7) is 2.12. The molecule has 5 rings (SSSR count). The third-order valence-electron chi connectivity index (χ3n) is 5.38. The van der Waals surface area contributed by atoms with Gasteiger partial charge in [0.05, 0.1) is 11.5 Å². The second kappa shape index (κ2) is 8.18. The zero-order chi connectivity index (χ0) is 22.2. The van der Waals surface area contributed by atoms with E-state index in [2.05, 4.69) is 5.32 Å². The Morgan fingerprint density at radius 2 is 1.94 bits per heavy atom. The van der Waals surface area contributed by atoms with Crippen LogP contribution >= 0.6 is 11.3 Å². The Morgan fingerprint density at radius 3 is 2.72 bits per heavy atom. The third kappa shape index (κ3) is 3.36. The number of ether oxygens (including phenoxy) is 1. The van der Waals surface area contributed by atoms with E-state index in [1.165, 1.54) is 24.5 Å². The SMILES string of the molecule is COCc1c(C(=O)Nc2c(-c3ccccc3)nc3c(C)cccn23)sc2cccc(F)c12. The molecule has 0 aliphatic heterocycles. The normalized spacial score (nSPS) is 11.3. The fraction of sp³-hybridized carbons (Fsp3) is 0.120. The highest BCUT2D eigenvalue weighted by Gasteiger charge is 2.24. The molecule has 32 heavy (non-hydrogen) atoms. The van der Waals surface area contributed by atoms with Gasteiger partial charge < -0.3 is 10.1 Å². The van der Waals surface area contributed by atoms with E-state index in [1.807, 2.05) is 66.1 Å². The summed E-state index contributed by atoms with van der Waals surface area (Å²) in [5, 5.41) is 3.48. The van der Waals surface area contributed by atoms with E-state index < -0.39 is 0 Å². The van der Waals surface area contributed by atoms with Crippen molar-refractivity contribution in [3.8, 4) is 11.3 Å². The lowest BCUT2D eigenvalue weighted by Gasteiger charge is -2.09. The number of rotatable bonds is 5. The molecule has 0 radical (unpaired) electrons. The summed E-state index contributed by atoms with van der Waals surface area (Å²) in [7, 11) is 1.53. The maximum Gasteiger partial charge on any atom is 0.267 e. The highest BCUT2D eigenvalue weighted by molar-refractivity contribution is 7.21. The number of nitrogens with zero attached hydrogens (tertiary/aromatic N) is 2. The summed E-state index contributed by atoms with van der Waals surface area (Å²) in [6.07, 6.45) is 1.87. The monoisotopic (exact) mass is 445 g/mol. The van der Waals surface area contributed by atoms with Crippen LogP contribution in [0.25, 0.3) is 27.0 Å². The smallest absolute Gasteiger partial charge is 0.267 e. The molecule has 160 valence electrons. The molecule has 0 fully saturated rings. The lowest BCUT2D eigenvalue weighted by molar-refractivity contribution is 0.102. The van der Waals surface area contributed by atoms with Gasteiger partial charge in [0.2, 0.25) is 0 Å². The number of hydrogen-bond acceptors (Lipinski definition) is 4. The molecule has 2 aromatic carbocycles. The lowest BCUT2D eigenvalue weighted by atomic mass is 10.1. The van der Waals surface area contributed by atoms with E-state index in [0.717, 1.165) is 16.8 Å². The predicted octanol–water partition coefficient (Wildman–Crippen LogP) is 6.06. The van der Waals surface area contributed by atoms with Crippen molar-refractivity contribution in [1.82, 2.24) is 9.38 Å². The van der Waals surface area contributed by atoms with Crippen LogP contribution < -0.4 is 5.32 Å². The molecular weight excluding hydrogens is 425 g/mol. The highest BCUT2D eigenvalue weighted by atomic mass is 32.1. The van der Waals surface area contributed by atoms with E-state index in [-0.39, 0.29) is 18.3 Å². The van der Waals surface area contributed by atoms with E-state index in [4.69, 9.17) is 9.72 Å². The van der Waals surface area contributed by atoms with Crippen molar-refractivity contribution in [2.45, 2.75) is 13.5 Å². The molecule has 1 amide bonds. The first-order chi connectivity index (χ1) is 15.6. The van der Waals surface area contributed by atoms with Crippen LogP contribution in [-0.2, 0) is 11.3 Å². The second-order valence-electron chi connectivity index (χ2n) is 7.47. The minimum Gasteiger partial charge on any atom is -0.380 e. The molecule has 0 bridgehead atoms. The number of anilines is 1. The van der Waals surface area contributed by atoms with Crippen molar-refractivity contribution >= 4 is 38.8 Å². The molecule has 0 saturated heterocycles. The molecule has 5 aromatic rings. The number of imidazole rings is 1. The molecule has 7 heteroatoms. The molecule has 0 atom stereocenters. The van der Waals surface area contributed by atoms with Crippen molar-refractivity contribution in [2.75, 3.05) is 12.4 Å². The fourth-order valence-corrected chi connectivity index (χ4v) is 5.04. The van der Waals surface area contributed by atoms with Crippen LogP contribution in [0.2, 0.25) is 0 Å². The van der Waals surface area contributed by atoms with Gasteiger partial charge >= 0.3 is 0 Å². The van der Waals surface area contributed by atoms with Gasteiger partial charge in [-0.25, -0.2) is 9.37 Å². The number of pyridine rings is 1. The maximum absolute atomic E-state index is 14.6. The van der Waals surface area contributed by atoms with Crippen LogP contribution in [0, 0.1) is 12.7 Å². The molecule has 3 aromatic heterocycles. The molecule has 5 nitrogen and oxygen atoms in total. The third-order valence-corrected chi connectivity index (χ3v) is 6.58. The van der Waals surface area contributed by atoms with Gasteiger partial charge in [0.15, 0.2) is 0 Å². The Bertz CT molecular complexity index is 1460. The van der Waals surface area contributed by atoms with Gasteiger partial charge in [-0.3, -0.25) is 9.20 Å². The van der Waals surface area contributed by atoms with Crippen molar-refractivity contribution < 1.29 is 13.9 Å². The van der Waals surface area contributed by atoms with Crippen LogP contribution in [0.4, 0.5) is 10.2 Å². The summed E-state index contributed by atoms with van der Waals surface area (Å²) in [5.41, 5.74) is 3.88. The van der Waals surface area contributed by atoms with Gasteiger partial charge in [-0.05, 0) is 30.7 Å². The number of aryl methyl sites for hydroxylation is 1. The van der Waals surface area contributed by atoms with Crippen LogP contribution in [0.1, 0.15) is 20.8 Å². The molecule has 0 aliphatic rings. The zero-order valence-electron chi connectivity index (χ0n) is 17.6. The largest absolute Gasteiger partial charge is 0.380 e. The molecule has 0 saturated carbocycles. The predicted molar refractivity (Wildman–Crippen MR) is 126 cm³/mol. The number of carbonyl (C=O) groups excluding carboxylic acids is 1. The molecule has 1 N–H and O–H groups in total. The molecular formula is C25H20FN3O2S. The number of aromatic nitrogens is 2. The molecule has 0 unspecified atom stereocenters. The van der Waals surface area contributed by atoms with Crippen LogP contribution in [-0.4, -0.2) is 22.4 Å². The Morgan fingerprint density at radius 1 is 1.12 bits per heavy atom. The number of carbonyl (C=O) groups is 1. The number of halogens is 1. The first-order valence-electron chi connectivity index (χ1n) is 10.1. The van der Waals surface area contributed by atoms with Gasteiger partial charge in [0.1, 0.15) is 23.0 Å². The summed E-state index contributed by atoms with van der Waals surface area (Å²) in [5.74, 6) is -0.111. The highest BCUT2D eigenvalue weighted by Crippen LogP contribution is 2.36. The summed E-state index contributed by atoms with van der Waals surface area (Å²) < 4.78 is 22.4. The van der Waals surface area contributed by atoms with E-state index in [0.29, 0.717) is 32.0 Å². The van der Waals surface area contributed by atoms with Gasteiger partial charge in [0.25, 0.3) is 5.91 Å².